The van der Waals surface area contributed by atoms with Crippen molar-refractivity contribution in [2.45, 2.75) is 36.5 Å². The Kier molecular flexibility index (Phi) is 7.49. The van der Waals surface area contributed by atoms with Crippen molar-refractivity contribution in [3.05, 3.63) is 125 Å². The van der Waals surface area contributed by atoms with E-state index in [9.17, 15) is 9.59 Å². The lowest BCUT2D eigenvalue weighted by atomic mass is 10.0. The highest BCUT2D eigenvalue weighted by molar-refractivity contribution is 7.98. The molecule has 6 nitrogen and oxygen atoms in total. The Morgan fingerprint density at radius 2 is 1.60 bits per heavy atom. The molecule has 4 aromatic carbocycles. The SMILES string of the molecule is CSc1cc(-c2ccccc2)cc2nc(NC(=O)c3ccccc3)n(CC3CCC(c4ccccc4)O3)c(=O)c12. The van der Waals surface area contributed by atoms with Gasteiger partial charge in [-0.1, -0.05) is 78.9 Å². The zero-order valence-corrected chi connectivity index (χ0v) is 22.9. The molecule has 0 saturated carbocycles. The number of anilines is 1. The lowest BCUT2D eigenvalue weighted by molar-refractivity contribution is 0.0347. The van der Waals surface area contributed by atoms with Crippen LogP contribution in [-0.4, -0.2) is 27.8 Å². The second kappa shape index (κ2) is 11.5. The van der Waals surface area contributed by atoms with Crippen molar-refractivity contribution in [1.82, 2.24) is 9.55 Å². The molecule has 1 fully saturated rings. The van der Waals surface area contributed by atoms with E-state index in [0.29, 0.717) is 23.0 Å². The van der Waals surface area contributed by atoms with Crippen LogP contribution in [0.5, 0.6) is 0 Å². The summed E-state index contributed by atoms with van der Waals surface area (Å²) in [6, 6.07) is 33.1. The molecule has 1 aliphatic rings. The second-order valence-corrected chi connectivity index (χ2v) is 10.7. The molecule has 7 heteroatoms. The van der Waals surface area contributed by atoms with Gasteiger partial charge in [-0.05, 0) is 60.1 Å². The van der Waals surface area contributed by atoms with E-state index in [1.807, 2.05) is 85.1 Å². The first-order valence-electron chi connectivity index (χ1n) is 13.4. The summed E-state index contributed by atoms with van der Waals surface area (Å²) < 4.78 is 7.96. The molecule has 0 radical (unpaired) electrons. The van der Waals surface area contributed by atoms with Crippen LogP contribution in [0.2, 0.25) is 0 Å². The molecule has 0 spiro atoms. The molecule has 0 aliphatic carbocycles. The van der Waals surface area contributed by atoms with Gasteiger partial charge in [-0.3, -0.25) is 19.5 Å². The molecule has 5 aromatic rings. The third kappa shape index (κ3) is 5.30. The summed E-state index contributed by atoms with van der Waals surface area (Å²) in [6.07, 6.45) is 3.43. The van der Waals surface area contributed by atoms with Crippen LogP contribution in [0.15, 0.2) is 113 Å². The number of carbonyl (C=O) groups is 1. The molecule has 1 amide bonds. The Labute approximate surface area is 237 Å². The Balaban J connectivity index is 1.42. The number of carbonyl (C=O) groups excluding carboxylic acids is 1. The minimum absolute atomic E-state index is 0.0205. The minimum Gasteiger partial charge on any atom is -0.368 e. The molecule has 1 aromatic heterocycles. The molecule has 2 heterocycles. The smallest absolute Gasteiger partial charge is 0.264 e. The van der Waals surface area contributed by atoms with Crippen LogP contribution in [-0.2, 0) is 11.3 Å². The summed E-state index contributed by atoms with van der Waals surface area (Å²) in [5.74, 6) is -0.102. The predicted octanol–water partition coefficient (Wildman–Crippen LogP) is 6.96. The normalized spacial score (nSPS) is 16.7. The summed E-state index contributed by atoms with van der Waals surface area (Å²) >= 11 is 1.52. The number of aromatic nitrogens is 2. The standard InChI is InChI=1S/C33H29N3O3S/c1-40-29-20-25(22-11-5-2-6-12-22)19-27-30(29)32(38)36(33(34-27)35-31(37)24-15-9-4-10-16-24)21-26-17-18-28(39-26)23-13-7-3-8-14-23/h2-16,19-20,26,28H,17-18,21H2,1H3,(H,34,35,37). The van der Waals surface area contributed by atoms with Crippen molar-refractivity contribution < 1.29 is 9.53 Å². The van der Waals surface area contributed by atoms with Gasteiger partial charge in [0.15, 0.2) is 0 Å². The van der Waals surface area contributed by atoms with E-state index in [0.717, 1.165) is 34.4 Å². The largest absolute Gasteiger partial charge is 0.368 e. The molecular formula is C33H29N3O3S. The maximum atomic E-state index is 14.1. The summed E-state index contributed by atoms with van der Waals surface area (Å²) in [4.78, 5) is 33.1. The highest BCUT2D eigenvalue weighted by Crippen LogP contribution is 2.34. The topological polar surface area (TPSA) is 73.2 Å². The van der Waals surface area contributed by atoms with Crippen molar-refractivity contribution in [2.75, 3.05) is 11.6 Å². The highest BCUT2D eigenvalue weighted by atomic mass is 32.2. The summed E-state index contributed by atoms with van der Waals surface area (Å²) in [5.41, 5.74) is 3.98. The fourth-order valence-corrected chi connectivity index (χ4v) is 5.89. The minimum atomic E-state index is -0.320. The lowest BCUT2D eigenvalue weighted by Crippen LogP contribution is -2.31. The number of amides is 1. The Morgan fingerprint density at radius 3 is 2.30 bits per heavy atom. The van der Waals surface area contributed by atoms with Gasteiger partial charge in [-0.2, -0.15) is 0 Å². The molecule has 2 unspecified atom stereocenters. The van der Waals surface area contributed by atoms with Gasteiger partial charge in [0, 0.05) is 10.5 Å². The maximum absolute atomic E-state index is 14.1. The van der Waals surface area contributed by atoms with Crippen LogP contribution < -0.4 is 10.9 Å². The highest BCUT2D eigenvalue weighted by Gasteiger charge is 2.28. The summed E-state index contributed by atoms with van der Waals surface area (Å²) in [7, 11) is 0. The molecule has 1 aliphatic heterocycles. The third-order valence-electron chi connectivity index (χ3n) is 7.28. The van der Waals surface area contributed by atoms with Crippen molar-refractivity contribution >= 4 is 34.5 Å². The van der Waals surface area contributed by atoms with Gasteiger partial charge in [0.25, 0.3) is 11.5 Å². The van der Waals surface area contributed by atoms with Gasteiger partial charge in [-0.15, -0.1) is 11.8 Å². The molecule has 40 heavy (non-hydrogen) atoms. The zero-order chi connectivity index (χ0) is 27.5. The van der Waals surface area contributed by atoms with E-state index in [1.165, 1.54) is 11.8 Å². The first-order valence-corrected chi connectivity index (χ1v) is 14.6. The van der Waals surface area contributed by atoms with Gasteiger partial charge >= 0.3 is 0 Å². The van der Waals surface area contributed by atoms with Crippen LogP contribution in [0.25, 0.3) is 22.0 Å². The van der Waals surface area contributed by atoms with Gasteiger partial charge in [0.05, 0.1) is 29.7 Å². The van der Waals surface area contributed by atoms with E-state index in [2.05, 4.69) is 17.4 Å². The number of hydrogen-bond acceptors (Lipinski definition) is 5. The monoisotopic (exact) mass is 547 g/mol. The lowest BCUT2D eigenvalue weighted by Gasteiger charge is -2.19. The fourth-order valence-electron chi connectivity index (χ4n) is 5.25. The van der Waals surface area contributed by atoms with Crippen molar-refractivity contribution in [2.24, 2.45) is 0 Å². The van der Waals surface area contributed by atoms with Crippen LogP contribution in [0.3, 0.4) is 0 Å². The van der Waals surface area contributed by atoms with Crippen molar-refractivity contribution in [1.29, 1.82) is 0 Å². The number of hydrogen-bond donors (Lipinski definition) is 1. The molecule has 6 rings (SSSR count). The summed E-state index contributed by atoms with van der Waals surface area (Å²) in [6.45, 7) is 0.295. The quantitative estimate of drug-likeness (QED) is 0.223. The molecule has 0 bridgehead atoms. The average Bonchev–Trinajstić information content (AvgIpc) is 3.48. The van der Waals surface area contributed by atoms with E-state index < -0.39 is 0 Å². The van der Waals surface area contributed by atoms with E-state index in [1.54, 1.807) is 16.7 Å². The molecule has 1 N–H and O–H groups in total. The predicted molar refractivity (Wildman–Crippen MR) is 161 cm³/mol. The van der Waals surface area contributed by atoms with Gasteiger partial charge in [-0.25, -0.2) is 4.98 Å². The molecule has 1 saturated heterocycles. The van der Waals surface area contributed by atoms with Gasteiger partial charge in [0.2, 0.25) is 5.95 Å². The number of benzene rings is 4. The average molecular weight is 548 g/mol. The van der Waals surface area contributed by atoms with Gasteiger partial charge in [0.1, 0.15) is 0 Å². The number of rotatable bonds is 7. The van der Waals surface area contributed by atoms with E-state index in [4.69, 9.17) is 9.72 Å². The Morgan fingerprint density at radius 1 is 0.925 bits per heavy atom. The third-order valence-corrected chi connectivity index (χ3v) is 8.04. The molecule has 2 atom stereocenters. The van der Waals surface area contributed by atoms with Crippen LogP contribution >= 0.6 is 11.8 Å². The number of thioether (sulfide) groups is 1. The zero-order valence-electron chi connectivity index (χ0n) is 22.1. The van der Waals surface area contributed by atoms with Crippen molar-refractivity contribution in [3.8, 4) is 11.1 Å². The van der Waals surface area contributed by atoms with Crippen molar-refractivity contribution in [3.63, 3.8) is 0 Å². The van der Waals surface area contributed by atoms with Gasteiger partial charge < -0.3 is 4.74 Å². The Hall–Kier alpha value is -4.20. The number of nitrogens with one attached hydrogen (secondary N) is 1. The van der Waals surface area contributed by atoms with Crippen LogP contribution in [0.1, 0.15) is 34.9 Å². The number of fused-ring (bicyclic) bond motifs is 1. The van der Waals surface area contributed by atoms with E-state index >= 15 is 0 Å². The van der Waals surface area contributed by atoms with Crippen LogP contribution in [0.4, 0.5) is 5.95 Å². The summed E-state index contributed by atoms with van der Waals surface area (Å²) in [5, 5.41) is 3.47. The Bertz CT molecular complexity index is 1710. The molecular weight excluding hydrogens is 518 g/mol. The first-order chi connectivity index (χ1) is 19.6. The molecule has 200 valence electrons. The first kappa shape index (κ1) is 26.0. The fraction of sp³-hybridized carbons (Fsp3) is 0.182. The van der Waals surface area contributed by atoms with E-state index in [-0.39, 0.29) is 29.6 Å². The maximum Gasteiger partial charge on any atom is 0.264 e. The number of ether oxygens (including phenoxy) is 1. The number of nitrogens with zero attached hydrogens (tertiary/aromatic N) is 2. The van der Waals surface area contributed by atoms with Crippen LogP contribution in [0, 0.1) is 0 Å². The second-order valence-electron chi connectivity index (χ2n) is 9.84.